The Labute approximate surface area is 169 Å². The smallest absolute Gasteiger partial charge is 0.260 e. The first kappa shape index (κ1) is 18.8. The third-order valence-electron chi connectivity index (χ3n) is 4.44. The van der Waals surface area contributed by atoms with Gasteiger partial charge in [0.15, 0.2) is 5.13 Å². The van der Waals surface area contributed by atoms with Crippen molar-refractivity contribution >= 4 is 39.6 Å². The maximum absolute atomic E-state index is 13.7. The molecule has 0 atom stereocenters. The molecule has 0 radical (unpaired) electrons. The van der Waals surface area contributed by atoms with Crippen LogP contribution in [-0.4, -0.2) is 27.7 Å². The van der Waals surface area contributed by atoms with E-state index in [0.29, 0.717) is 23.4 Å². The van der Waals surface area contributed by atoms with Crippen molar-refractivity contribution in [2.75, 3.05) is 5.32 Å². The fourth-order valence-corrected chi connectivity index (χ4v) is 4.30. The fraction of sp³-hybridized carbons (Fsp3) is 0.250. The van der Waals surface area contributed by atoms with Crippen LogP contribution in [0.2, 0.25) is 0 Å². The Kier molecular flexibility index (Phi) is 5.50. The maximum Gasteiger partial charge on any atom is 0.260 e. The third-order valence-corrected chi connectivity index (χ3v) is 6.10. The van der Waals surface area contributed by atoms with Gasteiger partial charge >= 0.3 is 0 Å². The van der Waals surface area contributed by atoms with Crippen LogP contribution in [0, 0.1) is 5.82 Å². The van der Waals surface area contributed by atoms with E-state index in [1.165, 1.54) is 29.5 Å². The van der Waals surface area contributed by atoms with E-state index in [1.807, 2.05) is 22.4 Å². The molecule has 144 valence electrons. The van der Waals surface area contributed by atoms with E-state index in [-0.39, 0.29) is 17.9 Å². The van der Waals surface area contributed by atoms with Gasteiger partial charge in [-0.25, -0.2) is 9.37 Å². The Morgan fingerprint density at radius 1 is 1.18 bits per heavy atom. The van der Waals surface area contributed by atoms with Crippen molar-refractivity contribution in [1.29, 1.82) is 0 Å². The second-order valence-electron chi connectivity index (χ2n) is 6.59. The van der Waals surface area contributed by atoms with Crippen LogP contribution < -0.4 is 5.32 Å². The van der Waals surface area contributed by atoms with Crippen molar-refractivity contribution in [2.24, 2.45) is 0 Å². The molecule has 8 heteroatoms. The fourth-order valence-electron chi connectivity index (χ4n) is 2.89. The topological polar surface area (TPSA) is 62.3 Å². The molecule has 2 heterocycles. The van der Waals surface area contributed by atoms with Crippen LogP contribution in [0.25, 0.3) is 0 Å². The number of thiophene rings is 1. The van der Waals surface area contributed by atoms with Crippen LogP contribution >= 0.6 is 22.7 Å². The van der Waals surface area contributed by atoms with Gasteiger partial charge in [-0.1, -0.05) is 18.2 Å². The van der Waals surface area contributed by atoms with Gasteiger partial charge in [0.1, 0.15) is 5.82 Å². The molecule has 0 saturated heterocycles. The van der Waals surface area contributed by atoms with Crippen LogP contribution in [0.15, 0.2) is 47.2 Å². The van der Waals surface area contributed by atoms with E-state index in [0.717, 1.165) is 17.7 Å². The van der Waals surface area contributed by atoms with Gasteiger partial charge < -0.3 is 4.90 Å². The minimum absolute atomic E-state index is 0.0354. The van der Waals surface area contributed by atoms with E-state index in [1.54, 1.807) is 22.8 Å². The van der Waals surface area contributed by atoms with Crippen molar-refractivity contribution in [3.8, 4) is 0 Å². The Bertz CT molecular complexity index is 983. The summed E-state index contributed by atoms with van der Waals surface area (Å²) < 4.78 is 13.7. The Hall–Kier alpha value is -2.58. The second kappa shape index (κ2) is 8.20. The van der Waals surface area contributed by atoms with E-state index < -0.39 is 11.7 Å². The third kappa shape index (κ3) is 4.45. The number of benzene rings is 1. The van der Waals surface area contributed by atoms with E-state index in [4.69, 9.17) is 0 Å². The molecule has 1 aliphatic rings. The molecule has 28 heavy (non-hydrogen) atoms. The zero-order valence-corrected chi connectivity index (χ0v) is 16.6. The molecule has 1 N–H and O–H groups in total. The minimum atomic E-state index is -0.583. The zero-order chi connectivity index (χ0) is 19.5. The van der Waals surface area contributed by atoms with Crippen LogP contribution in [-0.2, 0) is 17.8 Å². The van der Waals surface area contributed by atoms with Crippen molar-refractivity contribution in [3.05, 3.63) is 69.1 Å². The summed E-state index contributed by atoms with van der Waals surface area (Å²) in [4.78, 5) is 32.4. The molecule has 1 fully saturated rings. The summed E-state index contributed by atoms with van der Waals surface area (Å²) in [7, 11) is 0. The molecular formula is C20H18FN3O2S2. The van der Waals surface area contributed by atoms with Crippen molar-refractivity contribution in [1.82, 2.24) is 9.88 Å². The van der Waals surface area contributed by atoms with Gasteiger partial charge in [0.05, 0.1) is 24.2 Å². The number of rotatable bonds is 7. The first-order chi connectivity index (χ1) is 13.6. The summed E-state index contributed by atoms with van der Waals surface area (Å²) in [5.41, 5.74) is 0.571. The summed E-state index contributed by atoms with van der Waals surface area (Å²) in [6.45, 7) is 0.627. The predicted octanol–water partition coefficient (Wildman–Crippen LogP) is 4.33. The Balaban J connectivity index is 1.39. The highest BCUT2D eigenvalue weighted by atomic mass is 32.1. The summed E-state index contributed by atoms with van der Waals surface area (Å²) in [5.74, 6) is -1.10. The molecule has 3 aromatic rings. The highest BCUT2D eigenvalue weighted by Gasteiger charge is 2.32. The normalized spacial score (nSPS) is 13.3. The Morgan fingerprint density at radius 3 is 2.71 bits per heavy atom. The molecule has 4 rings (SSSR count). The summed E-state index contributed by atoms with van der Waals surface area (Å²) >= 11 is 2.87. The zero-order valence-electron chi connectivity index (χ0n) is 14.9. The number of carbonyl (C=O) groups excluding carboxylic acids is 2. The number of thiazole rings is 1. The largest absolute Gasteiger partial charge is 0.334 e. The second-order valence-corrected chi connectivity index (χ2v) is 8.48. The number of carbonyl (C=O) groups is 2. The molecule has 0 spiro atoms. The lowest BCUT2D eigenvalue weighted by atomic mass is 10.2. The van der Waals surface area contributed by atoms with Crippen LogP contribution in [0.5, 0.6) is 0 Å². The number of halogens is 1. The lowest BCUT2D eigenvalue weighted by molar-refractivity contribution is -0.131. The molecule has 1 saturated carbocycles. The van der Waals surface area contributed by atoms with Crippen LogP contribution in [0.4, 0.5) is 9.52 Å². The number of hydrogen-bond acceptors (Lipinski definition) is 5. The SMILES string of the molecule is O=C(Nc1nc(CC(=O)N(Cc2cccs2)C2CC2)cs1)c1ccccc1F. The molecule has 0 aliphatic heterocycles. The highest BCUT2D eigenvalue weighted by molar-refractivity contribution is 7.14. The summed E-state index contributed by atoms with van der Waals surface area (Å²) in [5, 5.41) is 6.72. The molecule has 5 nitrogen and oxygen atoms in total. The van der Waals surface area contributed by atoms with Gasteiger partial charge in [-0.2, -0.15) is 0 Å². The lowest BCUT2D eigenvalue weighted by Crippen LogP contribution is -2.33. The molecule has 2 amide bonds. The average Bonchev–Trinajstić information content (AvgIpc) is 3.20. The standard InChI is InChI=1S/C20H18FN3O2S2/c21-17-6-2-1-5-16(17)19(26)23-20-22-13(12-28-20)10-18(25)24(14-7-8-14)11-15-4-3-9-27-15/h1-6,9,12,14H,7-8,10-11H2,(H,22,23,26). The first-order valence-electron chi connectivity index (χ1n) is 8.92. The van der Waals surface area contributed by atoms with Crippen LogP contribution in [0.1, 0.15) is 33.8 Å². The number of aromatic nitrogens is 1. The van der Waals surface area contributed by atoms with Crippen molar-refractivity contribution < 1.29 is 14.0 Å². The van der Waals surface area contributed by atoms with Gasteiger partial charge in [0, 0.05) is 16.3 Å². The number of anilines is 1. The highest BCUT2D eigenvalue weighted by Crippen LogP contribution is 2.30. The molecule has 1 aromatic carbocycles. The average molecular weight is 416 g/mol. The van der Waals surface area contributed by atoms with E-state index in [2.05, 4.69) is 10.3 Å². The monoisotopic (exact) mass is 415 g/mol. The molecule has 2 aromatic heterocycles. The summed E-state index contributed by atoms with van der Waals surface area (Å²) in [6.07, 6.45) is 2.27. The van der Waals surface area contributed by atoms with Crippen molar-refractivity contribution in [2.45, 2.75) is 31.8 Å². The molecule has 1 aliphatic carbocycles. The van der Waals surface area contributed by atoms with Gasteiger partial charge in [0.25, 0.3) is 5.91 Å². The van der Waals surface area contributed by atoms with Gasteiger partial charge in [0.2, 0.25) is 5.91 Å². The van der Waals surface area contributed by atoms with Gasteiger partial charge in [-0.3, -0.25) is 14.9 Å². The minimum Gasteiger partial charge on any atom is -0.334 e. The van der Waals surface area contributed by atoms with E-state index in [9.17, 15) is 14.0 Å². The first-order valence-corrected chi connectivity index (χ1v) is 10.7. The quantitative estimate of drug-likeness (QED) is 0.625. The van der Waals surface area contributed by atoms with Gasteiger partial charge in [-0.05, 0) is 36.4 Å². The van der Waals surface area contributed by atoms with Crippen molar-refractivity contribution in [3.63, 3.8) is 0 Å². The predicted molar refractivity (Wildman–Crippen MR) is 108 cm³/mol. The van der Waals surface area contributed by atoms with Crippen LogP contribution in [0.3, 0.4) is 0 Å². The molecule has 0 bridgehead atoms. The number of nitrogens with zero attached hydrogens (tertiary/aromatic N) is 2. The lowest BCUT2D eigenvalue weighted by Gasteiger charge is -2.21. The number of hydrogen-bond donors (Lipinski definition) is 1. The van der Waals surface area contributed by atoms with Gasteiger partial charge in [-0.15, -0.1) is 22.7 Å². The molecule has 0 unspecified atom stereocenters. The number of nitrogens with one attached hydrogen (secondary N) is 1. The van der Waals surface area contributed by atoms with E-state index >= 15 is 0 Å². The summed E-state index contributed by atoms with van der Waals surface area (Å²) in [6, 6.07) is 10.1. The Morgan fingerprint density at radius 2 is 2.00 bits per heavy atom. The molecular weight excluding hydrogens is 397 g/mol. The maximum atomic E-state index is 13.7. The number of amides is 2.